The Balaban J connectivity index is 0.000000175. The van der Waals surface area contributed by atoms with Crippen LogP contribution in [-0.2, 0) is 43.0 Å². The molecule has 0 radical (unpaired) electrons. The second-order valence-corrected chi connectivity index (χ2v) is 15.3. The molecule has 1 N–H and O–H groups in total. The third kappa shape index (κ3) is 7.65. The van der Waals surface area contributed by atoms with Crippen molar-refractivity contribution in [1.82, 2.24) is 35.3 Å². The fraction of sp³-hybridized carbons (Fsp3) is 0.257. The molecular weight excluding hydrogens is 1010 g/mol. The molecule has 0 amide bonds. The van der Waals surface area contributed by atoms with Gasteiger partial charge in [-0.1, -0.05) is 74.6 Å². The minimum atomic E-state index is -0.990. The Morgan fingerprint density at radius 2 is 1.58 bits per heavy atom. The fourth-order valence-corrected chi connectivity index (χ4v) is 6.49. The Labute approximate surface area is 310 Å². The second-order valence-electron chi connectivity index (χ2n) is 12.0. The number of carbonyl (C=O) groups is 1. The number of fused-ring (bicyclic) bond motifs is 6. The molecule has 1 saturated carbocycles. The molecule has 13 heteroatoms. The van der Waals surface area contributed by atoms with E-state index in [4.69, 9.17) is 23.9 Å². The molecule has 48 heavy (non-hydrogen) atoms. The number of nitrogens with zero attached hydrogens (tertiary/aromatic N) is 7. The summed E-state index contributed by atoms with van der Waals surface area (Å²) in [6, 6.07) is 22.9. The standard InChI is InChI=1S/C20H20N3.C9H8N3.C6H5NO2.2ClH.2Pt/c1-19(2)14-8-10-20(19,3)18-15(14)17(22-23-18)16-13-7-5-4-6-12(13)9-11-21-16;1-7-6-9(12-11-7)8-4-2-3-5-10-8;8-6(9)5-3-1-2-4-7-5;;;;/h4-7,9,11,14H,8,10H2,1-3H3;2-6H,1H3;1-4H,(H,8,9);2*1H;;/q2*-1;;;;;+2/p-2. The average Bonchev–Trinajstić information content (AvgIpc) is 3.82. The van der Waals surface area contributed by atoms with E-state index in [9.17, 15) is 4.79 Å². The molecule has 5 heterocycles. The van der Waals surface area contributed by atoms with E-state index in [0.717, 1.165) is 28.5 Å². The minimum Gasteiger partial charge on any atom is 0 e. The molecule has 2 aliphatic carbocycles. The maximum atomic E-state index is 10.1. The number of aromatic nitrogens is 7. The second kappa shape index (κ2) is 16.5. The zero-order valence-corrected chi connectivity index (χ0v) is 32.6. The first-order valence-corrected chi connectivity index (χ1v) is 20.5. The van der Waals surface area contributed by atoms with Gasteiger partial charge in [-0.2, -0.15) is 0 Å². The van der Waals surface area contributed by atoms with Crippen LogP contribution in [0.3, 0.4) is 0 Å². The van der Waals surface area contributed by atoms with E-state index in [1.807, 2.05) is 37.4 Å². The maximum absolute atomic E-state index is 10.1. The van der Waals surface area contributed by atoms with Gasteiger partial charge in [0.1, 0.15) is 5.69 Å². The van der Waals surface area contributed by atoms with Crippen molar-refractivity contribution in [3.63, 3.8) is 0 Å². The number of halogens is 2. The molecule has 1 aromatic carbocycles. The summed E-state index contributed by atoms with van der Waals surface area (Å²) in [5.41, 5.74) is 7.73. The summed E-state index contributed by atoms with van der Waals surface area (Å²) in [5.74, 6) is -0.441. The van der Waals surface area contributed by atoms with Crippen molar-refractivity contribution in [2.75, 3.05) is 0 Å². The summed E-state index contributed by atoms with van der Waals surface area (Å²) < 4.78 is 0. The Bertz CT molecular complexity index is 1950. The normalized spacial score (nSPS) is 17.8. The van der Waals surface area contributed by atoms with Crippen LogP contribution in [0.15, 0.2) is 91.4 Å². The van der Waals surface area contributed by atoms with Crippen LogP contribution in [-0.4, -0.2) is 36.2 Å². The number of benzene rings is 1. The van der Waals surface area contributed by atoms with Gasteiger partial charge in [0.2, 0.25) is 0 Å². The van der Waals surface area contributed by atoms with Crippen LogP contribution in [0.25, 0.3) is 33.5 Å². The number of carboxylic acids is 1. The quantitative estimate of drug-likeness (QED) is 0.188. The number of hydrogen-bond acceptors (Lipinski definition) is 6. The van der Waals surface area contributed by atoms with Gasteiger partial charge >= 0.3 is 41.3 Å². The van der Waals surface area contributed by atoms with Crippen LogP contribution >= 0.6 is 18.8 Å². The summed E-state index contributed by atoms with van der Waals surface area (Å²) >= 11 is -0.472. The van der Waals surface area contributed by atoms with Crippen LogP contribution in [0.4, 0.5) is 0 Å². The van der Waals surface area contributed by atoms with Crippen LogP contribution < -0.4 is 10.2 Å². The van der Waals surface area contributed by atoms with Gasteiger partial charge in [-0.05, 0) is 72.4 Å². The zero-order valence-electron chi connectivity index (χ0n) is 26.5. The predicted molar refractivity (Wildman–Crippen MR) is 180 cm³/mol. The van der Waals surface area contributed by atoms with Crippen molar-refractivity contribution in [3.8, 4) is 22.8 Å². The van der Waals surface area contributed by atoms with Crippen molar-refractivity contribution in [2.45, 2.75) is 51.9 Å². The van der Waals surface area contributed by atoms with Gasteiger partial charge in [0.15, 0.2) is 0 Å². The monoisotopic (exact) mass is 1040 g/mol. The third-order valence-corrected chi connectivity index (χ3v) is 9.23. The first kappa shape index (κ1) is 37.6. The van der Waals surface area contributed by atoms with Gasteiger partial charge in [-0.3, -0.25) is 9.97 Å². The number of aryl methyl sites for hydroxylation is 1. The number of pyridine rings is 3. The molecular formula is C35H33Cl2N7O2Pt2-2. The van der Waals surface area contributed by atoms with Crippen LogP contribution in [0.2, 0.25) is 0 Å². The van der Waals surface area contributed by atoms with E-state index in [1.54, 1.807) is 18.3 Å². The van der Waals surface area contributed by atoms with Crippen molar-refractivity contribution < 1.29 is 47.4 Å². The first-order valence-electron chi connectivity index (χ1n) is 14.8. The van der Waals surface area contributed by atoms with Gasteiger partial charge in [0, 0.05) is 67.5 Å². The molecule has 5 aromatic heterocycles. The van der Waals surface area contributed by atoms with Crippen molar-refractivity contribution in [2.24, 2.45) is 5.41 Å². The van der Waals surface area contributed by atoms with Crippen molar-refractivity contribution in [1.29, 1.82) is 0 Å². The molecule has 0 aliphatic heterocycles. The Morgan fingerprint density at radius 1 is 0.896 bits per heavy atom. The number of hydrogen-bond donors (Lipinski definition) is 1. The summed E-state index contributed by atoms with van der Waals surface area (Å²) in [5, 5.41) is 27.8. The molecule has 0 saturated heterocycles. The SMILES string of the molecule is CC12CCC(c3c1n[n-]c3-c1nccc3ccccc13)C2(C)C.Cc1cc(-c2ccccn2)[n-]n1.O=C(O)c1ccccn1.[Cl][Pt][Cl].[Pt]. The molecule has 2 bridgehead atoms. The summed E-state index contributed by atoms with van der Waals surface area (Å²) in [4.78, 5) is 22.6. The number of rotatable bonds is 3. The molecule has 6 aromatic rings. The number of carboxylic acid groups (broad SMARTS) is 1. The number of aromatic carboxylic acids is 1. The van der Waals surface area contributed by atoms with E-state index in [-0.39, 0.29) is 37.6 Å². The molecule has 0 spiro atoms. The summed E-state index contributed by atoms with van der Waals surface area (Å²) in [6.45, 7) is 9.08. The fourth-order valence-electron chi connectivity index (χ4n) is 6.49. The van der Waals surface area contributed by atoms with Crippen LogP contribution in [0.1, 0.15) is 67.0 Å². The largest absolute Gasteiger partial charge is 0 e. The van der Waals surface area contributed by atoms with Crippen molar-refractivity contribution in [3.05, 3.63) is 114 Å². The van der Waals surface area contributed by atoms with Crippen LogP contribution in [0.5, 0.6) is 0 Å². The molecule has 2 atom stereocenters. The van der Waals surface area contributed by atoms with Crippen molar-refractivity contribution >= 4 is 35.6 Å². The van der Waals surface area contributed by atoms with Gasteiger partial charge in [-0.15, -0.1) is 0 Å². The molecule has 8 rings (SSSR count). The average molecular weight is 1040 g/mol. The topological polar surface area (TPSA) is 130 Å². The van der Waals surface area contributed by atoms with Gasteiger partial charge in [-0.25, -0.2) is 9.78 Å². The van der Waals surface area contributed by atoms with Crippen LogP contribution in [0, 0.1) is 12.3 Å². The molecule has 1 fully saturated rings. The van der Waals surface area contributed by atoms with Gasteiger partial charge in [0.05, 0.1) is 5.69 Å². The Hall–Kier alpha value is -3.22. The maximum Gasteiger partial charge on any atom is 0 e. The Kier molecular flexibility index (Phi) is 12.9. The van der Waals surface area contributed by atoms with E-state index >= 15 is 0 Å². The van der Waals surface area contributed by atoms with E-state index in [2.05, 4.69) is 86.4 Å². The molecule has 2 aliphatic rings. The smallest absolute Gasteiger partial charge is 0 e. The zero-order chi connectivity index (χ0) is 33.6. The third-order valence-electron chi connectivity index (χ3n) is 9.23. The first-order chi connectivity index (χ1) is 22.6. The van der Waals surface area contributed by atoms with Gasteiger partial charge in [0.25, 0.3) is 0 Å². The summed E-state index contributed by atoms with van der Waals surface area (Å²) in [6.07, 6.45) is 7.54. The Morgan fingerprint density at radius 3 is 2.19 bits per heavy atom. The molecule has 2 unspecified atom stereocenters. The summed E-state index contributed by atoms with van der Waals surface area (Å²) in [7, 11) is 9.75. The molecule has 9 nitrogen and oxygen atoms in total. The van der Waals surface area contributed by atoms with Gasteiger partial charge < -0.3 is 25.5 Å². The van der Waals surface area contributed by atoms with E-state index in [1.165, 1.54) is 47.1 Å². The minimum absolute atomic E-state index is 0. The van der Waals surface area contributed by atoms with E-state index < -0.39 is 22.5 Å². The molecule has 256 valence electrons. The van der Waals surface area contributed by atoms with E-state index in [0.29, 0.717) is 5.92 Å². The predicted octanol–water partition coefficient (Wildman–Crippen LogP) is 7.99.